The van der Waals surface area contributed by atoms with Crippen molar-refractivity contribution in [3.05, 3.63) is 30.1 Å². The molecule has 0 saturated carbocycles. The number of nitrogens with zero attached hydrogens (tertiary/aromatic N) is 2. The average molecular weight is 334 g/mol. The summed E-state index contributed by atoms with van der Waals surface area (Å²) in [5, 5.41) is 15.6. The standard InChI is InChI=1S/C18H30N4O2/c1-14(2)11-17(23)12-20-18(24)21-15-6-9-22(10-7-15)13-16-5-3-4-8-19-16/h3-5,8,14-15,17,23H,6-7,9-13H2,1-2H3,(H2,20,21,24). The number of carbonyl (C=O) groups is 1. The van der Waals surface area contributed by atoms with E-state index in [2.05, 4.69) is 34.4 Å². The van der Waals surface area contributed by atoms with Crippen LogP contribution in [0.25, 0.3) is 0 Å². The summed E-state index contributed by atoms with van der Waals surface area (Å²) in [5.41, 5.74) is 1.08. The molecule has 134 valence electrons. The van der Waals surface area contributed by atoms with Gasteiger partial charge >= 0.3 is 6.03 Å². The number of nitrogens with one attached hydrogen (secondary N) is 2. The summed E-state index contributed by atoms with van der Waals surface area (Å²) in [6, 6.07) is 6.00. The maximum absolute atomic E-state index is 11.9. The minimum Gasteiger partial charge on any atom is -0.391 e. The van der Waals surface area contributed by atoms with Crippen molar-refractivity contribution in [2.45, 2.75) is 51.8 Å². The molecule has 24 heavy (non-hydrogen) atoms. The molecule has 0 radical (unpaired) electrons. The molecule has 2 rings (SSSR count). The number of urea groups is 1. The Labute approximate surface area is 144 Å². The number of aliphatic hydroxyl groups is 1. The summed E-state index contributed by atoms with van der Waals surface area (Å²) < 4.78 is 0. The van der Waals surface area contributed by atoms with E-state index in [1.807, 2.05) is 24.4 Å². The molecule has 0 spiro atoms. The van der Waals surface area contributed by atoms with Gasteiger partial charge in [-0.05, 0) is 37.3 Å². The molecule has 2 heterocycles. The Kier molecular flexibility index (Phi) is 7.46. The van der Waals surface area contributed by atoms with Crippen molar-refractivity contribution in [3.8, 4) is 0 Å². The number of likely N-dealkylation sites (tertiary alicyclic amines) is 1. The molecule has 1 aromatic rings. The van der Waals surface area contributed by atoms with Gasteiger partial charge in [-0.1, -0.05) is 19.9 Å². The Morgan fingerprint density at radius 1 is 1.38 bits per heavy atom. The highest BCUT2D eigenvalue weighted by atomic mass is 16.3. The van der Waals surface area contributed by atoms with Gasteiger partial charge in [-0.3, -0.25) is 9.88 Å². The predicted molar refractivity (Wildman–Crippen MR) is 94.5 cm³/mol. The van der Waals surface area contributed by atoms with Gasteiger partial charge in [0.1, 0.15) is 0 Å². The van der Waals surface area contributed by atoms with Gasteiger partial charge in [0, 0.05) is 38.4 Å². The lowest BCUT2D eigenvalue weighted by atomic mass is 10.0. The van der Waals surface area contributed by atoms with E-state index < -0.39 is 6.10 Å². The van der Waals surface area contributed by atoms with Gasteiger partial charge < -0.3 is 15.7 Å². The van der Waals surface area contributed by atoms with E-state index in [-0.39, 0.29) is 12.1 Å². The first-order chi connectivity index (χ1) is 11.5. The van der Waals surface area contributed by atoms with Crippen molar-refractivity contribution in [1.82, 2.24) is 20.5 Å². The van der Waals surface area contributed by atoms with Crippen molar-refractivity contribution in [2.24, 2.45) is 5.92 Å². The average Bonchev–Trinajstić information content (AvgIpc) is 2.55. The van der Waals surface area contributed by atoms with Crippen LogP contribution in [-0.4, -0.2) is 52.8 Å². The van der Waals surface area contributed by atoms with Gasteiger partial charge in [-0.2, -0.15) is 0 Å². The molecule has 2 amide bonds. The van der Waals surface area contributed by atoms with Gasteiger partial charge in [0.05, 0.1) is 11.8 Å². The van der Waals surface area contributed by atoms with Crippen LogP contribution < -0.4 is 10.6 Å². The second-order valence-corrected chi connectivity index (χ2v) is 7.01. The fourth-order valence-corrected chi connectivity index (χ4v) is 3.03. The van der Waals surface area contributed by atoms with Gasteiger partial charge in [0.15, 0.2) is 0 Å². The van der Waals surface area contributed by atoms with Crippen molar-refractivity contribution < 1.29 is 9.90 Å². The topological polar surface area (TPSA) is 77.5 Å². The number of hydrogen-bond acceptors (Lipinski definition) is 4. The molecular weight excluding hydrogens is 304 g/mol. The van der Waals surface area contributed by atoms with E-state index in [1.54, 1.807) is 0 Å². The Balaban J connectivity index is 1.63. The highest BCUT2D eigenvalue weighted by Gasteiger charge is 2.21. The van der Waals surface area contributed by atoms with Crippen molar-refractivity contribution in [3.63, 3.8) is 0 Å². The van der Waals surface area contributed by atoms with Crippen LogP contribution in [0.15, 0.2) is 24.4 Å². The highest BCUT2D eigenvalue weighted by Crippen LogP contribution is 2.12. The molecule has 3 N–H and O–H groups in total. The number of piperidine rings is 1. The van der Waals surface area contributed by atoms with E-state index in [1.165, 1.54) is 0 Å². The predicted octanol–water partition coefficient (Wildman–Crippen LogP) is 1.75. The molecular formula is C18H30N4O2. The Morgan fingerprint density at radius 2 is 2.12 bits per heavy atom. The third-order valence-corrected chi connectivity index (χ3v) is 4.28. The third-order valence-electron chi connectivity index (χ3n) is 4.28. The second-order valence-electron chi connectivity index (χ2n) is 7.01. The van der Waals surface area contributed by atoms with Crippen LogP contribution in [0, 0.1) is 5.92 Å². The van der Waals surface area contributed by atoms with Gasteiger partial charge in [0.2, 0.25) is 0 Å². The fourth-order valence-electron chi connectivity index (χ4n) is 3.03. The zero-order valence-electron chi connectivity index (χ0n) is 14.7. The molecule has 1 atom stereocenters. The quantitative estimate of drug-likeness (QED) is 0.710. The number of pyridine rings is 1. The minimum atomic E-state index is -0.476. The summed E-state index contributed by atoms with van der Waals surface area (Å²) in [6.45, 7) is 7.20. The second kappa shape index (κ2) is 9.59. The number of hydrogen-bond donors (Lipinski definition) is 3. The van der Waals surface area contributed by atoms with Crippen LogP contribution in [0.4, 0.5) is 4.79 Å². The number of aliphatic hydroxyl groups excluding tert-OH is 1. The normalized spacial score (nSPS) is 17.7. The van der Waals surface area contributed by atoms with E-state index in [9.17, 15) is 9.90 Å². The van der Waals surface area contributed by atoms with Crippen LogP contribution in [0.1, 0.15) is 38.8 Å². The maximum Gasteiger partial charge on any atom is 0.315 e. The lowest BCUT2D eigenvalue weighted by Crippen LogP contribution is -2.49. The van der Waals surface area contributed by atoms with Crippen LogP contribution in [0.2, 0.25) is 0 Å². The molecule has 1 unspecified atom stereocenters. The highest BCUT2D eigenvalue weighted by molar-refractivity contribution is 5.74. The number of amides is 2. The molecule has 0 aromatic carbocycles. The summed E-state index contributed by atoms with van der Waals surface area (Å²) >= 11 is 0. The molecule has 0 bridgehead atoms. The first-order valence-electron chi connectivity index (χ1n) is 8.87. The van der Waals surface area contributed by atoms with Crippen LogP contribution in [-0.2, 0) is 6.54 Å². The molecule has 1 fully saturated rings. The lowest BCUT2D eigenvalue weighted by Gasteiger charge is -2.32. The zero-order chi connectivity index (χ0) is 17.4. The first kappa shape index (κ1) is 18.7. The Morgan fingerprint density at radius 3 is 2.75 bits per heavy atom. The zero-order valence-corrected chi connectivity index (χ0v) is 14.7. The van der Waals surface area contributed by atoms with Crippen LogP contribution >= 0.6 is 0 Å². The molecule has 6 heteroatoms. The van der Waals surface area contributed by atoms with E-state index >= 15 is 0 Å². The molecule has 0 aliphatic carbocycles. The fraction of sp³-hybridized carbons (Fsp3) is 0.667. The lowest BCUT2D eigenvalue weighted by molar-refractivity contribution is 0.145. The van der Waals surface area contributed by atoms with Crippen LogP contribution in [0.3, 0.4) is 0 Å². The van der Waals surface area contributed by atoms with Crippen molar-refractivity contribution in [2.75, 3.05) is 19.6 Å². The summed E-state index contributed by atoms with van der Waals surface area (Å²) in [6.07, 6.45) is 3.92. The van der Waals surface area contributed by atoms with Crippen molar-refractivity contribution in [1.29, 1.82) is 0 Å². The minimum absolute atomic E-state index is 0.180. The van der Waals surface area contributed by atoms with Gasteiger partial charge in [0.25, 0.3) is 0 Å². The Bertz CT molecular complexity index is 487. The molecule has 1 aromatic heterocycles. The van der Waals surface area contributed by atoms with Crippen LogP contribution in [0.5, 0.6) is 0 Å². The summed E-state index contributed by atoms with van der Waals surface area (Å²) in [5.74, 6) is 0.424. The molecule has 1 aliphatic heterocycles. The van der Waals surface area contributed by atoms with E-state index in [4.69, 9.17) is 0 Å². The van der Waals surface area contributed by atoms with Gasteiger partial charge in [-0.15, -0.1) is 0 Å². The largest absolute Gasteiger partial charge is 0.391 e. The smallest absolute Gasteiger partial charge is 0.315 e. The SMILES string of the molecule is CC(C)CC(O)CNC(=O)NC1CCN(Cc2ccccn2)CC1. The number of rotatable bonds is 7. The Hall–Kier alpha value is -1.66. The maximum atomic E-state index is 11.9. The van der Waals surface area contributed by atoms with Crippen molar-refractivity contribution >= 4 is 6.03 Å². The van der Waals surface area contributed by atoms with E-state index in [0.29, 0.717) is 18.9 Å². The summed E-state index contributed by atoms with van der Waals surface area (Å²) in [7, 11) is 0. The number of carbonyl (C=O) groups excluding carboxylic acids is 1. The monoisotopic (exact) mass is 334 g/mol. The van der Waals surface area contributed by atoms with Gasteiger partial charge in [-0.25, -0.2) is 4.79 Å². The first-order valence-corrected chi connectivity index (χ1v) is 8.87. The van der Waals surface area contributed by atoms with E-state index in [0.717, 1.165) is 38.2 Å². The molecule has 6 nitrogen and oxygen atoms in total. The number of aromatic nitrogens is 1. The molecule has 1 saturated heterocycles. The third kappa shape index (κ3) is 6.84. The molecule has 1 aliphatic rings. The summed E-state index contributed by atoms with van der Waals surface area (Å²) in [4.78, 5) is 18.6.